The number of fused-ring (bicyclic) bond motifs is 1. The zero-order valence-electron chi connectivity index (χ0n) is 11.4. The molecule has 0 fully saturated rings. The Morgan fingerprint density at radius 2 is 2.25 bits per heavy atom. The molecule has 0 radical (unpaired) electrons. The fraction of sp³-hybridized carbons (Fsp3) is 0.500. The molecule has 110 valence electrons. The normalized spacial score (nSPS) is 14.7. The smallest absolute Gasteiger partial charge is 0.255 e. The van der Waals surface area contributed by atoms with Crippen molar-refractivity contribution >= 4 is 21.8 Å². The van der Waals surface area contributed by atoms with Crippen molar-refractivity contribution in [2.45, 2.75) is 12.5 Å². The Morgan fingerprint density at radius 3 is 3.00 bits per heavy atom. The van der Waals surface area contributed by atoms with Gasteiger partial charge in [0.25, 0.3) is 5.91 Å². The van der Waals surface area contributed by atoms with Crippen molar-refractivity contribution in [2.24, 2.45) is 0 Å². The van der Waals surface area contributed by atoms with Crippen molar-refractivity contribution in [1.82, 2.24) is 5.32 Å². The summed E-state index contributed by atoms with van der Waals surface area (Å²) in [5, 5.41) is 3.76. The average molecular weight is 344 g/mol. The van der Waals surface area contributed by atoms with Gasteiger partial charge >= 0.3 is 0 Å². The summed E-state index contributed by atoms with van der Waals surface area (Å²) >= 11 is 3.37. The number of amides is 1. The molecular formula is C14H18BrNO4. The number of alkyl halides is 1. The molecule has 0 spiro atoms. The van der Waals surface area contributed by atoms with Crippen LogP contribution in [0.2, 0.25) is 0 Å². The Morgan fingerprint density at radius 1 is 1.45 bits per heavy atom. The van der Waals surface area contributed by atoms with Crippen LogP contribution in [0.3, 0.4) is 0 Å². The van der Waals surface area contributed by atoms with Gasteiger partial charge in [-0.3, -0.25) is 4.79 Å². The number of hydrogen-bond donors (Lipinski definition) is 1. The second kappa shape index (κ2) is 7.50. The van der Waals surface area contributed by atoms with Crippen LogP contribution in [0.1, 0.15) is 16.8 Å². The quantitative estimate of drug-likeness (QED) is 0.802. The van der Waals surface area contributed by atoms with Crippen molar-refractivity contribution in [3.8, 4) is 11.5 Å². The molecule has 1 aromatic rings. The number of hydrogen-bond acceptors (Lipinski definition) is 4. The summed E-state index contributed by atoms with van der Waals surface area (Å²) in [5.74, 6) is 0.967. The summed E-state index contributed by atoms with van der Waals surface area (Å²) < 4.78 is 16.1. The third kappa shape index (κ3) is 3.64. The van der Waals surface area contributed by atoms with E-state index in [1.807, 2.05) is 0 Å². The lowest BCUT2D eigenvalue weighted by atomic mass is 10.1. The summed E-state index contributed by atoms with van der Waals surface area (Å²) in [4.78, 5) is 12.4. The second-order valence-corrected chi connectivity index (χ2v) is 5.23. The van der Waals surface area contributed by atoms with Crippen LogP contribution < -0.4 is 14.8 Å². The molecule has 0 saturated carbocycles. The summed E-state index contributed by atoms with van der Waals surface area (Å²) in [7, 11) is 1.62. The summed E-state index contributed by atoms with van der Waals surface area (Å²) in [6, 6.07) is 5.29. The molecule has 0 aliphatic carbocycles. The molecule has 0 bridgehead atoms. The first-order valence-electron chi connectivity index (χ1n) is 6.50. The Labute approximate surface area is 126 Å². The number of carbonyl (C=O) groups is 1. The van der Waals surface area contributed by atoms with Gasteiger partial charge in [-0.1, -0.05) is 22.0 Å². The number of nitrogens with one attached hydrogen (secondary N) is 1. The topological polar surface area (TPSA) is 56.8 Å². The lowest BCUT2D eigenvalue weighted by Gasteiger charge is -2.22. The third-order valence-corrected chi connectivity index (χ3v) is 3.43. The number of methoxy groups -OCH3 is 1. The Hall–Kier alpha value is -1.27. The molecule has 1 atom stereocenters. The maximum absolute atomic E-state index is 12.4. The van der Waals surface area contributed by atoms with E-state index in [1.54, 1.807) is 25.3 Å². The van der Waals surface area contributed by atoms with Crippen LogP contribution in [0, 0.1) is 0 Å². The molecule has 0 saturated heterocycles. The van der Waals surface area contributed by atoms with E-state index in [9.17, 15) is 4.79 Å². The highest BCUT2D eigenvalue weighted by Crippen LogP contribution is 2.33. The SMILES string of the molecule is COCC(CCBr)NC(=O)c1cccc2c1OCCO2. The molecule has 2 rings (SSSR count). The van der Waals surface area contributed by atoms with Gasteiger partial charge in [-0.25, -0.2) is 0 Å². The number of ether oxygens (including phenoxy) is 3. The van der Waals surface area contributed by atoms with Gasteiger partial charge in [0, 0.05) is 12.4 Å². The van der Waals surface area contributed by atoms with Crippen LogP contribution in [0.4, 0.5) is 0 Å². The summed E-state index contributed by atoms with van der Waals surface area (Å²) in [5.41, 5.74) is 0.498. The molecule has 1 unspecified atom stereocenters. The molecule has 5 nitrogen and oxygen atoms in total. The van der Waals surface area contributed by atoms with E-state index in [0.29, 0.717) is 36.9 Å². The Bertz CT molecular complexity index is 460. The molecule has 1 amide bonds. The number of carbonyl (C=O) groups excluding carboxylic acids is 1. The van der Waals surface area contributed by atoms with Crippen LogP contribution in [0.5, 0.6) is 11.5 Å². The van der Waals surface area contributed by atoms with E-state index in [1.165, 1.54) is 0 Å². The highest BCUT2D eigenvalue weighted by molar-refractivity contribution is 9.09. The highest BCUT2D eigenvalue weighted by Gasteiger charge is 2.22. The minimum Gasteiger partial charge on any atom is -0.486 e. The first-order valence-corrected chi connectivity index (χ1v) is 7.62. The van der Waals surface area contributed by atoms with Gasteiger partial charge in [-0.05, 0) is 18.6 Å². The van der Waals surface area contributed by atoms with Gasteiger partial charge in [0.1, 0.15) is 13.2 Å². The average Bonchev–Trinajstić information content (AvgIpc) is 2.47. The largest absolute Gasteiger partial charge is 0.486 e. The van der Waals surface area contributed by atoms with E-state index in [2.05, 4.69) is 21.2 Å². The maximum atomic E-state index is 12.4. The van der Waals surface area contributed by atoms with E-state index in [4.69, 9.17) is 14.2 Å². The van der Waals surface area contributed by atoms with Crippen LogP contribution in [0.25, 0.3) is 0 Å². The van der Waals surface area contributed by atoms with Gasteiger partial charge in [0.15, 0.2) is 11.5 Å². The maximum Gasteiger partial charge on any atom is 0.255 e. The zero-order valence-corrected chi connectivity index (χ0v) is 12.9. The summed E-state index contributed by atoms with van der Waals surface area (Å²) in [6.07, 6.45) is 0.798. The third-order valence-electron chi connectivity index (χ3n) is 2.97. The predicted molar refractivity (Wildman–Crippen MR) is 79.0 cm³/mol. The molecule has 1 aromatic carbocycles. The molecular weight excluding hydrogens is 326 g/mol. The van der Waals surface area contributed by atoms with E-state index >= 15 is 0 Å². The Balaban J connectivity index is 2.12. The van der Waals surface area contributed by atoms with Gasteiger partial charge < -0.3 is 19.5 Å². The monoisotopic (exact) mass is 343 g/mol. The van der Waals surface area contributed by atoms with Crippen LogP contribution in [-0.2, 0) is 4.74 Å². The minimum absolute atomic E-state index is 0.0350. The fourth-order valence-corrected chi connectivity index (χ4v) is 2.60. The minimum atomic E-state index is -0.171. The standard InChI is InChI=1S/C14H18BrNO4/c1-18-9-10(5-6-15)16-14(17)11-3-2-4-12-13(11)20-8-7-19-12/h2-4,10H,5-9H2,1H3,(H,16,17). The van der Waals surface area contributed by atoms with Crippen molar-refractivity contribution < 1.29 is 19.0 Å². The summed E-state index contributed by atoms with van der Waals surface area (Å²) in [6.45, 7) is 1.44. The molecule has 1 aliphatic rings. The van der Waals surface area contributed by atoms with Crippen LogP contribution in [-0.4, -0.2) is 44.2 Å². The molecule has 20 heavy (non-hydrogen) atoms. The molecule has 1 N–H and O–H groups in total. The second-order valence-electron chi connectivity index (χ2n) is 4.43. The lowest BCUT2D eigenvalue weighted by Crippen LogP contribution is -2.38. The van der Waals surface area contributed by atoms with Gasteiger partial charge in [0.05, 0.1) is 18.2 Å². The molecule has 1 aliphatic heterocycles. The zero-order chi connectivity index (χ0) is 14.4. The lowest BCUT2D eigenvalue weighted by molar-refractivity contribution is 0.0885. The first-order chi connectivity index (χ1) is 9.76. The molecule has 1 heterocycles. The van der Waals surface area contributed by atoms with Crippen molar-refractivity contribution in [3.05, 3.63) is 23.8 Å². The first kappa shape index (κ1) is 15.1. The van der Waals surface area contributed by atoms with Crippen molar-refractivity contribution in [2.75, 3.05) is 32.3 Å². The highest BCUT2D eigenvalue weighted by atomic mass is 79.9. The molecule has 6 heteroatoms. The van der Waals surface area contributed by atoms with Gasteiger partial charge in [-0.15, -0.1) is 0 Å². The number of benzene rings is 1. The Kier molecular flexibility index (Phi) is 5.67. The molecule has 0 aromatic heterocycles. The van der Waals surface area contributed by atoms with E-state index < -0.39 is 0 Å². The van der Waals surface area contributed by atoms with Gasteiger partial charge in [-0.2, -0.15) is 0 Å². The van der Waals surface area contributed by atoms with Gasteiger partial charge in [0.2, 0.25) is 0 Å². The van der Waals surface area contributed by atoms with E-state index in [-0.39, 0.29) is 11.9 Å². The van der Waals surface area contributed by atoms with Crippen LogP contribution >= 0.6 is 15.9 Å². The number of rotatable bonds is 6. The van der Waals surface area contributed by atoms with Crippen molar-refractivity contribution in [3.63, 3.8) is 0 Å². The predicted octanol–water partition coefficient (Wildman–Crippen LogP) is 1.99. The number of halogens is 1. The number of para-hydroxylation sites is 1. The van der Waals surface area contributed by atoms with Crippen molar-refractivity contribution in [1.29, 1.82) is 0 Å². The van der Waals surface area contributed by atoms with Crippen LogP contribution in [0.15, 0.2) is 18.2 Å². The fourth-order valence-electron chi connectivity index (χ4n) is 2.05. The van der Waals surface area contributed by atoms with E-state index in [0.717, 1.165) is 11.8 Å².